The molecule has 2 heterocycles. The Labute approximate surface area is 174 Å². The van der Waals surface area contributed by atoms with Crippen LogP contribution in [0.2, 0.25) is 0 Å². The second kappa shape index (κ2) is 9.69. The second-order valence-electron chi connectivity index (χ2n) is 7.74. The number of likely N-dealkylation sites (tertiary alicyclic amines) is 1. The minimum absolute atomic E-state index is 0.227. The van der Waals surface area contributed by atoms with E-state index in [1.165, 1.54) is 11.8 Å². The quantitative estimate of drug-likeness (QED) is 0.712. The normalized spacial score (nSPS) is 17.2. The van der Waals surface area contributed by atoms with Gasteiger partial charge in [-0.1, -0.05) is 30.3 Å². The molecule has 0 spiro atoms. The van der Waals surface area contributed by atoms with Crippen LogP contribution < -0.4 is 9.46 Å². The van der Waals surface area contributed by atoms with Gasteiger partial charge < -0.3 is 4.74 Å². The maximum absolute atomic E-state index is 11.4. The van der Waals surface area contributed by atoms with E-state index in [1.54, 1.807) is 0 Å². The molecule has 1 aromatic carbocycles. The van der Waals surface area contributed by atoms with Gasteiger partial charge in [-0.15, -0.1) is 0 Å². The number of rotatable bonds is 8. The fourth-order valence-electron chi connectivity index (χ4n) is 3.83. The Balaban J connectivity index is 1.52. The first-order valence-electron chi connectivity index (χ1n) is 10.2. The smallest absolute Gasteiger partial charge is 0.213 e. The van der Waals surface area contributed by atoms with Crippen LogP contribution in [0.1, 0.15) is 55.5 Å². The summed E-state index contributed by atoms with van der Waals surface area (Å²) >= 11 is 0. The maximum Gasteiger partial charge on any atom is 0.213 e. The molecule has 7 heteroatoms. The van der Waals surface area contributed by atoms with Crippen molar-refractivity contribution in [2.24, 2.45) is 0 Å². The van der Waals surface area contributed by atoms with Crippen molar-refractivity contribution in [1.82, 2.24) is 14.6 Å². The standard InChI is InChI=1S/C22H31N3O3S/c1-4-28-22-7-5-6-21(23-22)20-12-14-25(15-13-20)16-18-8-10-19(11-9-18)17(2)24-29(3,26)27/h5-11,17,20,24H,4,12-16H2,1-3H3/t17-/m1/s1. The SMILES string of the molecule is CCOc1cccc(C2CCN(Cc3ccc([C@@H](C)NS(C)(=O)=O)cc3)CC2)n1. The average molecular weight is 418 g/mol. The van der Waals surface area contributed by atoms with E-state index >= 15 is 0 Å². The Kier molecular flexibility index (Phi) is 7.27. The molecule has 1 atom stereocenters. The van der Waals surface area contributed by atoms with Crippen LogP contribution in [-0.4, -0.2) is 44.3 Å². The number of benzene rings is 1. The fourth-order valence-corrected chi connectivity index (χ4v) is 4.61. The Morgan fingerprint density at radius 3 is 2.48 bits per heavy atom. The lowest BCUT2D eigenvalue weighted by atomic mass is 9.92. The third-order valence-electron chi connectivity index (χ3n) is 5.32. The Hall–Kier alpha value is -1.96. The number of hydrogen-bond acceptors (Lipinski definition) is 5. The van der Waals surface area contributed by atoms with Crippen LogP contribution >= 0.6 is 0 Å². The van der Waals surface area contributed by atoms with Crippen LogP contribution in [0.3, 0.4) is 0 Å². The summed E-state index contributed by atoms with van der Waals surface area (Å²) in [6.45, 7) is 7.46. The molecule has 0 unspecified atom stereocenters. The number of aromatic nitrogens is 1. The number of sulfonamides is 1. The van der Waals surface area contributed by atoms with Crippen molar-refractivity contribution < 1.29 is 13.2 Å². The van der Waals surface area contributed by atoms with E-state index in [0.717, 1.165) is 43.7 Å². The second-order valence-corrected chi connectivity index (χ2v) is 9.52. The number of nitrogens with one attached hydrogen (secondary N) is 1. The van der Waals surface area contributed by atoms with Crippen LogP contribution in [0.15, 0.2) is 42.5 Å². The molecule has 1 aliphatic heterocycles. The van der Waals surface area contributed by atoms with Gasteiger partial charge in [0.1, 0.15) is 0 Å². The molecule has 0 bridgehead atoms. The lowest BCUT2D eigenvalue weighted by molar-refractivity contribution is 0.202. The molecule has 3 rings (SSSR count). The van der Waals surface area contributed by atoms with E-state index < -0.39 is 10.0 Å². The van der Waals surface area contributed by atoms with Gasteiger partial charge in [-0.3, -0.25) is 4.90 Å². The van der Waals surface area contributed by atoms with Crippen LogP contribution in [-0.2, 0) is 16.6 Å². The van der Waals surface area contributed by atoms with Crippen LogP contribution in [0.25, 0.3) is 0 Å². The van der Waals surface area contributed by atoms with Gasteiger partial charge in [-0.25, -0.2) is 18.1 Å². The first kappa shape index (κ1) is 21.7. The zero-order valence-electron chi connectivity index (χ0n) is 17.5. The predicted molar refractivity (Wildman–Crippen MR) is 115 cm³/mol. The van der Waals surface area contributed by atoms with Gasteiger partial charge in [-0.2, -0.15) is 0 Å². The number of nitrogens with zero attached hydrogens (tertiary/aromatic N) is 2. The number of hydrogen-bond donors (Lipinski definition) is 1. The van der Waals surface area contributed by atoms with Gasteiger partial charge in [0, 0.05) is 30.3 Å². The van der Waals surface area contributed by atoms with Gasteiger partial charge in [0.15, 0.2) is 0 Å². The van der Waals surface area contributed by atoms with Crippen LogP contribution in [0.5, 0.6) is 5.88 Å². The molecular weight excluding hydrogens is 386 g/mol. The molecule has 2 aromatic rings. The van der Waals surface area contributed by atoms with E-state index in [0.29, 0.717) is 18.4 Å². The predicted octanol–water partition coefficient (Wildman–Crippen LogP) is 3.47. The van der Waals surface area contributed by atoms with Gasteiger partial charge in [0.2, 0.25) is 15.9 Å². The molecule has 0 saturated carbocycles. The summed E-state index contributed by atoms with van der Waals surface area (Å²) in [6, 6.07) is 14.0. The highest BCUT2D eigenvalue weighted by Crippen LogP contribution is 2.28. The molecule has 158 valence electrons. The molecule has 0 amide bonds. The third-order valence-corrected chi connectivity index (χ3v) is 6.10. The number of pyridine rings is 1. The van der Waals surface area contributed by atoms with Crippen molar-refractivity contribution in [3.63, 3.8) is 0 Å². The third kappa shape index (κ3) is 6.52. The van der Waals surface area contributed by atoms with Crippen molar-refractivity contribution in [1.29, 1.82) is 0 Å². The maximum atomic E-state index is 11.4. The zero-order chi connectivity index (χ0) is 20.9. The highest BCUT2D eigenvalue weighted by atomic mass is 32.2. The van der Waals surface area contributed by atoms with Crippen molar-refractivity contribution in [3.05, 3.63) is 59.3 Å². The van der Waals surface area contributed by atoms with Crippen molar-refractivity contribution in [2.75, 3.05) is 26.0 Å². The van der Waals surface area contributed by atoms with E-state index in [4.69, 9.17) is 4.74 Å². The summed E-state index contributed by atoms with van der Waals surface area (Å²) in [7, 11) is -3.21. The van der Waals surface area contributed by atoms with Gasteiger partial charge in [0.25, 0.3) is 0 Å². The minimum atomic E-state index is -3.21. The molecule has 1 fully saturated rings. The van der Waals surface area contributed by atoms with E-state index in [-0.39, 0.29) is 6.04 Å². The molecule has 29 heavy (non-hydrogen) atoms. The summed E-state index contributed by atoms with van der Waals surface area (Å²) in [5, 5.41) is 0. The Morgan fingerprint density at radius 1 is 1.17 bits per heavy atom. The lowest BCUT2D eigenvalue weighted by Gasteiger charge is -2.31. The van der Waals surface area contributed by atoms with E-state index in [1.807, 2.05) is 38.1 Å². The van der Waals surface area contributed by atoms with Gasteiger partial charge in [0.05, 0.1) is 12.9 Å². The van der Waals surface area contributed by atoms with Crippen molar-refractivity contribution >= 4 is 10.0 Å². The molecule has 1 aliphatic rings. The minimum Gasteiger partial charge on any atom is -0.478 e. The first-order valence-corrected chi connectivity index (χ1v) is 12.1. The molecule has 0 aliphatic carbocycles. The molecule has 1 aromatic heterocycles. The van der Waals surface area contributed by atoms with Crippen LogP contribution in [0.4, 0.5) is 0 Å². The molecule has 1 N–H and O–H groups in total. The molecule has 6 nitrogen and oxygen atoms in total. The van der Waals surface area contributed by atoms with Crippen LogP contribution in [0, 0.1) is 0 Å². The summed E-state index contributed by atoms with van der Waals surface area (Å²) in [4.78, 5) is 7.13. The summed E-state index contributed by atoms with van der Waals surface area (Å²) in [5.41, 5.74) is 3.35. The topological polar surface area (TPSA) is 71.5 Å². The first-order chi connectivity index (χ1) is 13.8. The highest BCUT2D eigenvalue weighted by molar-refractivity contribution is 7.88. The highest BCUT2D eigenvalue weighted by Gasteiger charge is 2.22. The fraction of sp³-hybridized carbons (Fsp3) is 0.500. The largest absolute Gasteiger partial charge is 0.478 e. The number of ether oxygens (including phenoxy) is 1. The Morgan fingerprint density at radius 2 is 1.86 bits per heavy atom. The van der Waals surface area contributed by atoms with E-state index in [9.17, 15) is 8.42 Å². The number of piperidine rings is 1. The summed E-state index contributed by atoms with van der Waals surface area (Å²) < 4.78 is 30.9. The summed E-state index contributed by atoms with van der Waals surface area (Å²) in [6.07, 6.45) is 3.37. The van der Waals surface area contributed by atoms with E-state index in [2.05, 4.69) is 32.8 Å². The zero-order valence-corrected chi connectivity index (χ0v) is 18.3. The average Bonchev–Trinajstić information content (AvgIpc) is 2.68. The molecule has 1 saturated heterocycles. The molecular formula is C22H31N3O3S. The van der Waals surface area contributed by atoms with Gasteiger partial charge in [-0.05, 0) is 57.0 Å². The monoisotopic (exact) mass is 417 g/mol. The van der Waals surface area contributed by atoms with Gasteiger partial charge >= 0.3 is 0 Å². The lowest BCUT2D eigenvalue weighted by Crippen LogP contribution is -2.32. The Bertz CT molecular complexity index is 892. The van der Waals surface area contributed by atoms with Crippen molar-refractivity contribution in [3.8, 4) is 5.88 Å². The summed E-state index contributed by atoms with van der Waals surface area (Å²) in [5.74, 6) is 1.20. The molecule has 0 radical (unpaired) electrons. The van der Waals surface area contributed by atoms with Crippen molar-refractivity contribution in [2.45, 2.75) is 45.2 Å².